The summed E-state index contributed by atoms with van der Waals surface area (Å²) < 4.78 is 5.10. The molecule has 2 nitrogen and oxygen atoms in total. The predicted molar refractivity (Wildman–Crippen MR) is 213 cm³/mol. The molecule has 0 bridgehead atoms. The summed E-state index contributed by atoms with van der Waals surface area (Å²) in [4.78, 5) is 5.15. The molecule has 0 saturated carbocycles. The molecular formula is C47H30N2S. The first kappa shape index (κ1) is 28.7. The van der Waals surface area contributed by atoms with Crippen molar-refractivity contribution >= 4 is 53.3 Å². The fourth-order valence-corrected chi connectivity index (χ4v) is 8.55. The maximum absolute atomic E-state index is 5.15. The summed E-state index contributed by atoms with van der Waals surface area (Å²) in [7, 11) is 0. The van der Waals surface area contributed by atoms with Crippen molar-refractivity contribution in [1.29, 1.82) is 0 Å². The van der Waals surface area contributed by atoms with Crippen LogP contribution in [0.2, 0.25) is 0 Å². The van der Waals surface area contributed by atoms with Gasteiger partial charge in [-0.2, -0.15) is 0 Å². The van der Waals surface area contributed by atoms with Gasteiger partial charge in [0.05, 0.1) is 28.1 Å². The minimum absolute atomic E-state index is 0.963. The molecule has 234 valence electrons. The standard InChI is InChI=1S/C47H30N2S/c1-4-13-31(14-5-1)34-23-25-37-38-26-24-35(36-27-40(32-15-6-2-7-16-32)48-41(28-36)33-17-8-3-9-18-33)30-44(38)49(43(37)29-34)42-20-12-22-46-47(42)39-19-10-11-21-45(39)50-46/h1-30H. The largest absolute Gasteiger partial charge is 0.309 e. The number of thiophene rings is 1. The van der Waals surface area contributed by atoms with Crippen LogP contribution in [0.4, 0.5) is 0 Å². The van der Waals surface area contributed by atoms with E-state index in [1.807, 2.05) is 11.3 Å². The molecule has 3 heterocycles. The highest BCUT2D eigenvalue weighted by Crippen LogP contribution is 2.43. The maximum atomic E-state index is 5.15. The zero-order valence-electron chi connectivity index (χ0n) is 27.1. The molecule has 0 atom stereocenters. The van der Waals surface area contributed by atoms with Crippen molar-refractivity contribution in [2.24, 2.45) is 0 Å². The Labute approximate surface area is 294 Å². The highest BCUT2D eigenvalue weighted by atomic mass is 32.1. The molecule has 0 amide bonds. The number of hydrogen-bond donors (Lipinski definition) is 0. The van der Waals surface area contributed by atoms with Gasteiger partial charge in [0.25, 0.3) is 0 Å². The van der Waals surface area contributed by atoms with Gasteiger partial charge in [-0.25, -0.2) is 4.98 Å². The molecular weight excluding hydrogens is 625 g/mol. The van der Waals surface area contributed by atoms with Gasteiger partial charge < -0.3 is 4.57 Å². The van der Waals surface area contributed by atoms with Crippen LogP contribution in [-0.2, 0) is 0 Å². The van der Waals surface area contributed by atoms with Crippen molar-refractivity contribution in [1.82, 2.24) is 9.55 Å². The summed E-state index contributed by atoms with van der Waals surface area (Å²) in [5.41, 5.74) is 12.4. The zero-order valence-corrected chi connectivity index (χ0v) is 27.9. The molecule has 0 unspecified atom stereocenters. The lowest BCUT2D eigenvalue weighted by atomic mass is 9.98. The van der Waals surface area contributed by atoms with Gasteiger partial charge in [0, 0.05) is 42.1 Å². The first-order valence-corrected chi connectivity index (χ1v) is 17.8. The van der Waals surface area contributed by atoms with Crippen molar-refractivity contribution in [3.63, 3.8) is 0 Å². The minimum atomic E-state index is 0.963. The fourth-order valence-electron chi connectivity index (χ4n) is 7.42. The zero-order chi connectivity index (χ0) is 33.0. The summed E-state index contributed by atoms with van der Waals surface area (Å²) in [5, 5.41) is 5.07. The van der Waals surface area contributed by atoms with E-state index in [9.17, 15) is 0 Å². The second-order valence-electron chi connectivity index (χ2n) is 12.8. The van der Waals surface area contributed by atoms with Crippen molar-refractivity contribution in [3.8, 4) is 50.5 Å². The van der Waals surface area contributed by atoms with Crippen molar-refractivity contribution < 1.29 is 0 Å². The van der Waals surface area contributed by atoms with Crippen LogP contribution in [0.1, 0.15) is 0 Å². The van der Waals surface area contributed by atoms with Gasteiger partial charge >= 0.3 is 0 Å². The molecule has 0 radical (unpaired) electrons. The average molecular weight is 655 g/mol. The Kier molecular flexibility index (Phi) is 6.71. The van der Waals surface area contributed by atoms with Gasteiger partial charge in [-0.1, -0.05) is 140 Å². The molecule has 0 fully saturated rings. The number of hydrogen-bond acceptors (Lipinski definition) is 2. The van der Waals surface area contributed by atoms with E-state index in [1.54, 1.807) is 0 Å². The quantitative estimate of drug-likeness (QED) is 0.181. The van der Waals surface area contributed by atoms with Gasteiger partial charge in [0.2, 0.25) is 0 Å². The normalized spacial score (nSPS) is 11.6. The highest BCUT2D eigenvalue weighted by molar-refractivity contribution is 7.25. The summed E-state index contributed by atoms with van der Waals surface area (Å²) in [6.45, 7) is 0. The van der Waals surface area contributed by atoms with E-state index in [-0.39, 0.29) is 0 Å². The SMILES string of the molecule is c1ccc(-c2ccc3c4ccc(-c5cc(-c6ccccc6)nc(-c6ccccc6)c5)cc4n(-c4cccc5sc6ccccc6c45)c3c2)cc1. The Hall–Kier alpha value is -6.29. The first-order valence-electron chi connectivity index (χ1n) is 17.0. The van der Waals surface area contributed by atoms with Crippen LogP contribution in [-0.4, -0.2) is 9.55 Å². The van der Waals surface area contributed by atoms with Gasteiger partial charge in [0.1, 0.15) is 0 Å². The number of nitrogens with zero attached hydrogens (tertiary/aromatic N) is 2. The third kappa shape index (κ3) is 4.74. The molecule has 0 spiro atoms. The van der Waals surface area contributed by atoms with Crippen LogP contribution in [0.3, 0.4) is 0 Å². The minimum Gasteiger partial charge on any atom is -0.309 e. The number of pyridine rings is 1. The van der Waals surface area contributed by atoms with E-state index in [2.05, 4.69) is 187 Å². The number of aromatic nitrogens is 2. The third-order valence-electron chi connectivity index (χ3n) is 9.79. The molecule has 7 aromatic carbocycles. The predicted octanol–water partition coefficient (Wildman–Crippen LogP) is 13.2. The molecule has 0 N–H and O–H groups in total. The topological polar surface area (TPSA) is 17.8 Å². The second kappa shape index (κ2) is 11.7. The van der Waals surface area contributed by atoms with Crippen LogP contribution in [0, 0.1) is 0 Å². The van der Waals surface area contributed by atoms with E-state index < -0.39 is 0 Å². The van der Waals surface area contributed by atoms with Gasteiger partial charge in [-0.3, -0.25) is 0 Å². The van der Waals surface area contributed by atoms with Crippen LogP contribution in [0.5, 0.6) is 0 Å². The maximum Gasteiger partial charge on any atom is 0.0715 e. The molecule has 3 aromatic heterocycles. The van der Waals surface area contributed by atoms with E-state index in [4.69, 9.17) is 4.98 Å². The van der Waals surface area contributed by atoms with Crippen molar-refractivity contribution in [3.05, 3.63) is 182 Å². The Morgan fingerprint density at radius 3 is 1.50 bits per heavy atom. The Bertz CT molecular complexity index is 2790. The summed E-state index contributed by atoms with van der Waals surface area (Å²) in [6.07, 6.45) is 0. The van der Waals surface area contributed by atoms with Crippen LogP contribution >= 0.6 is 11.3 Å². The van der Waals surface area contributed by atoms with E-state index in [0.29, 0.717) is 0 Å². The fraction of sp³-hybridized carbons (Fsp3) is 0. The lowest BCUT2D eigenvalue weighted by Gasteiger charge is -2.13. The van der Waals surface area contributed by atoms with Crippen molar-refractivity contribution in [2.45, 2.75) is 0 Å². The molecule has 50 heavy (non-hydrogen) atoms. The highest BCUT2D eigenvalue weighted by Gasteiger charge is 2.19. The summed E-state index contributed by atoms with van der Waals surface area (Å²) in [5.74, 6) is 0. The molecule has 0 aliphatic rings. The smallest absolute Gasteiger partial charge is 0.0715 e. The summed E-state index contributed by atoms with van der Waals surface area (Å²) in [6, 6.07) is 65.5. The van der Waals surface area contributed by atoms with Gasteiger partial charge in [-0.05, 0) is 64.7 Å². The van der Waals surface area contributed by atoms with Crippen LogP contribution in [0.25, 0.3) is 92.4 Å². The molecule has 10 rings (SSSR count). The Morgan fingerprint density at radius 1 is 0.360 bits per heavy atom. The molecule has 0 aliphatic heterocycles. The van der Waals surface area contributed by atoms with Crippen LogP contribution < -0.4 is 0 Å². The van der Waals surface area contributed by atoms with Crippen LogP contribution in [0.15, 0.2) is 182 Å². The summed E-state index contributed by atoms with van der Waals surface area (Å²) >= 11 is 1.86. The average Bonchev–Trinajstić information content (AvgIpc) is 3.74. The first-order chi connectivity index (χ1) is 24.8. The van der Waals surface area contributed by atoms with E-state index in [0.717, 1.165) is 33.6 Å². The van der Waals surface area contributed by atoms with E-state index >= 15 is 0 Å². The van der Waals surface area contributed by atoms with E-state index in [1.165, 1.54) is 58.8 Å². The van der Waals surface area contributed by atoms with Gasteiger partial charge in [-0.15, -0.1) is 11.3 Å². The molecule has 10 aromatic rings. The molecule has 0 aliphatic carbocycles. The monoisotopic (exact) mass is 654 g/mol. The molecule has 3 heteroatoms. The second-order valence-corrected chi connectivity index (χ2v) is 13.9. The number of benzene rings is 7. The Morgan fingerprint density at radius 2 is 0.880 bits per heavy atom. The number of fused-ring (bicyclic) bond motifs is 6. The van der Waals surface area contributed by atoms with Gasteiger partial charge in [0.15, 0.2) is 0 Å². The third-order valence-corrected chi connectivity index (χ3v) is 10.9. The number of rotatable bonds is 5. The Balaban J connectivity index is 1.27. The lowest BCUT2D eigenvalue weighted by Crippen LogP contribution is -1.95. The van der Waals surface area contributed by atoms with Crippen molar-refractivity contribution in [2.75, 3.05) is 0 Å². The lowest BCUT2D eigenvalue weighted by molar-refractivity contribution is 1.20. The molecule has 0 saturated heterocycles.